The maximum absolute atomic E-state index is 9.68. The molecule has 2 N–H and O–H groups in total. The number of methoxy groups -OCH3 is 1. The van der Waals surface area contributed by atoms with Crippen LogP contribution in [0.25, 0.3) is 0 Å². The lowest BCUT2D eigenvalue weighted by molar-refractivity contribution is 0.148. The van der Waals surface area contributed by atoms with Crippen LogP contribution in [-0.4, -0.2) is 24.9 Å². The monoisotopic (exact) mass is 221 g/mol. The Balaban J connectivity index is 1.75. The van der Waals surface area contributed by atoms with Crippen LogP contribution in [0.15, 0.2) is 24.3 Å². The van der Waals surface area contributed by atoms with Gasteiger partial charge in [-0.2, -0.15) is 0 Å². The van der Waals surface area contributed by atoms with Crippen molar-refractivity contribution >= 4 is 0 Å². The maximum Gasteiger partial charge on any atom is 0.119 e. The Bertz CT molecular complexity index is 336. The van der Waals surface area contributed by atoms with Crippen molar-refractivity contribution in [3.05, 3.63) is 29.8 Å². The Morgan fingerprint density at radius 1 is 1.50 bits per heavy atom. The fraction of sp³-hybridized carbons (Fsp3) is 0.538. The zero-order chi connectivity index (χ0) is 11.4. The van der Waals surface area contributed by atoms with E-state index in [0.717, 1.165) is 12.3 Å². The first-order valence-corrected chi connectivity index (χ1v) is 5.81. The molecule has 1 aliphatic rings. The van der Waals surface area contributed by atoms with Crippen LogP contribution in [-0.2, 0) is 6.54 Å². The van der Waals surface area contributed by atoms with Crippen molar-refractivity contribution in [2.24, 2.45) is 5.92 Å². The van der Waals surface area contributed by atoms with E-state index >= 15 is 0 Å². The second kappa shape index (κ2) is 5.32. The van der Waals surface area contributed by atoms with Gasteiger partial charge in [-0.3, -0.25) is 0 Å². The summed E-state index contributed by atoms with van der Waals surface area (Å²) in [5.41, 5.74) is 1.18. The van der Waals surface area contributed by atoms with Crippen LogP contribution in [0.1, 0.15) is 18.4 Å². The molecule has 0 radical (unpaired) electrons. The van der Waals surface area contributed by atoms with Crippen LogP contribution in [0.5, 0.6) is 5.75 Å². The molecule has 2 rings (SSSR count). The van der Waals surface area contributed by atoms with E-state index in [4.69, 9.17) is 4.74 Å². The predicted octanol–water partition coefficient (Wildman–Crippen LogP) is 1.56. The number of benzene rings is 1. The van der Waals surface area contributed by atoms with Gasteiger partial charge in [0.05, 0.1) is 13.2 Å². The van der Waals surface area contributed by atoms with E-state index in [-0.39, 0.29) is 6.10 Å². The normalized spacial score (nSPS) is 17.1. The van der Waals surface area contributed by atoms with Crippen LogP contribution in [0.3, 0.4) is 0 Å². The smallest absolute Gasteiger partial charge is 0.119 e. The lowest BCUT2D eigenvalue weighted by Gasteiger charge is -2.11. The van der Waals surface area contributed by atoms with Crippen LogP contribution in [0, 0.1) is 5.92 Å². The summed E-state index contributed by atoms with van der Waals surface area (Å²) < 4.78 is 5.15. The van der Waals surface area contributed by atoms with Gasteiger partial charge in [-0.15, -0.1) is 0 Å². The summed E-state index contributed by atoms with van der Waals surface area (Å²) in [5.74, 6) is 1.42. The molecule has 0 bridgehead atoms. The van der Waals surface area contributed by atoms with Gasteiger partial charge in [0, 0.05) is 13.1 Å². The van der Waals surface area contributed by atoms with Gasteiger partial charge in [0.2, 0.25) is 0 Å². The van der Waals surface area contributed by atoms with Crippen LogP contribution in [0.4, 0.5) is 0 Å². The molecule has 3 heteroatoms. The first-order valence-electron chi connectivity index (χ1n) is 5.81. The molecule has 16 heavy (non-hydrogen) atoms. The van der Waals surface area contributed by atoms with Gasteiger partial charge < -0.3 is 15.2 Å². The molecule has 3 nitrogen and oxygen atoms in total. The minimum absolute atomic E-state index is 0.175. The Kier molecular flexibility index (Phi) is 3.80. The molecule has 1 unspecified atom stereocenters. The van der Waals surface area contributed by atoms with E-state index in [1.165, 1.54) is 18.4 Å². The molecule has 0 spiro atoms. The SMILES string of the molecule is COc1cccc(CNCC(O)C2CC2)c1. The third kappa shape index (κ3) is 3.22. The molecule has 0 amide bonds. The summed E-state index contributed by atoms with van der Waals surface area (Å²) >= 11 is 0. The fourth-order valence-electron chi connectivity index (χ4n) is 1.79. The zero-order valence-corrected chi connectivity index (χ0v) is 9.65. The Labute approximate surface area is 96.4 Å². The molecular formula is C13H19NO2. The lowest BCUT2D eigenvalue weighted by Crippen LogP contribution is -2.27. The minimum Gasteiger partial charge on any atom is -0.497 e. The number of hydrogen-bond donors (Lipinski definition) is 2. The predicted molar refractivity (Wildman–Crippen MR) is 63.4 cm³/mol. The Hall–Kier alpha value is -1.06. The molecule has 1 aromatic rings. The highest BCUT2D eigenvalue weighted by atomic mass is 16.5. The summed E-state index contributed by atoms with van der Waals surface area (Å²) in [4.78, 5) is 0. The maximum atomic E-state index is 9.68. The van der Waals surface area contributed by atoms with Crippen LogP contribution < -0.4 is 10.1 Å². The molecule has 1 aliphatic carbocycles. The van der Waals surface area contributed by atoms with Gasteiger partial charge in [-0.1, -0.05) is 12.1 Å². The van der Waals surface area contributed by atoms with Crippen LogP contribution in [0.2, 0.25) is 0 Å². The largest absolute Gasteiger partial charge is 0.497 e. The first-order chi connectivity index (χ1) is 7.79. The highest BCUT2D eigenvalue weighted by Gasteiger charge is 2.28. The van der Waals surface area contributed by atoms with E-state index in [1.54, 1.807) is 7.11 Å². The van der Waals surface area contributed by atoms with Crippen molar-refractivity contribution in [2.45, 2.75) is 25.5 Å². The number of ether oxygens (including phenoxy) is 1. The first kappa shape index (κ1) is 11.4. The van der Waals surface area contributed by atoms with E-state index in [1.807, 2.05) is 18.2 Å². The number of aliphatic hydroxyl groups is 1. The zero-order valence-electron chi connectivity index (χ0n) is 9.65. The van der Waals surface area contributed by atoms with Gasteiger partial charge >= 0.3 is 0 Å². The van der Waals surface area contributed by atoms with Crippen LogP contribution >= 0.6 is 0 Å². The van der Waals surface area contributed by atoms with Crippen molar-refractivity contribution in [1.29, 1.82) is 0 Å². The minimum atomic E-state index is -0.175. The van der Waals surface area contributed by atoms with Crippen molar-refractivity contribution in [1.82, 2.24) is 5.32 Å². The van der Waals surface area contributed by atoms with E-state index < -0.39 is 0 Å². The summed E-state index contributed by atoms with van der Waals surface area (Å²) in [6, 6.07) is 7.98. The molecular weight excluding hydrogens is 202 g/mol. The molecule has 0 saturated heterocycles. The van der Waals surface area contributed by atoms with Crippen molar-refractivity contribution < 1.29 is 9.84 Å². The molecule has 1 fully saturated rings. The molecule has 1 atom stereocenters. The van der Waals surface area contributed by atoms with Gasteiger partial charge in [-0.25, -0.2) is 0 Å². The second-order valence-electron chi connectivity index (χ2n) is 4.39. The average Bonchev–Trinajstić information content (AvgIpc) is 3.13. The quantitative estimate of drug-likeness (QED) is 0.766. The topological polar surface area (TPSA) is 41.5 Å². The molecule has 0 heterocycles. The van der Waals surface area contributed by atoms with Gasteiger partial charge in [0.15, 0.2) is 0 Å². The molecule has 0 aromatic heterocycles. The van der Waals surface area contributed by atoms with Gasteiger partial charge in [0.1, 0.15) is 5.75 Å². The standard InChI is InChI=1S/C13H19NO2/c1-16-12-4-2-3-10(7-12)8-14-9-13(15)11-5-6-11/h2-4,7,11,13-15H,5-6,8-9H2,1H3. The Morgan fingerprint density at radius 2 is 2.31 bits per heavy atom. The van der Waals surface area contributed by atoms with Crippen molar-refractivity contribution in [2.75, 3.05) is 13.7 Å². The molecule has 0 aliphatic heterocycles. The van der Waals surface area contributed by atoms with E-state index in [2.05, 4.69) is 11.4 Å². The summed E-state index contributed by atoms with van der Waals surface area (Å²) in [6.45, 7) is 1.46. The number of rotatable bonds is 6. The number of aliphatic hydroxyl groups excluding tert-OH is 1. The molecule has 88 valence electrons. The third-order valence-electron chi connectivity index (χ3n) is 2.98. The fourth-order valence-corrected chi connectivity index (χ4v) is 1.79. The molecule has 1 saturated carbocycles. The summed E-state index contributed by atoms with van der Waals surface area (Å²) in [5, 5.41) is 12.9. The molecule has 1 aromatic carbocycles. The highest BCUT2D eigenvalue weighted by Crippen LogP contribution is 2.32. The lowest BCUT2D eigenvalue weighted by atomic mass is 10.2. The van der Waals surface area contributed by atoms with Gasteiger partial charge in [-0.05, 0) is 36.5 Å². The third-order valence-corrected chi connectivity index (χ3v) is 2.98. The average molecular weight is 221 g/mol. The van der Waals surface area contributed by atoms with Crippen molar-refractivity contribution in [3.8, 4) is 5.75 Å². The van der Waals surface area contributed by atoms with Crippen molar-refractivity contribution in [3.63, 3.8) is 0 Å². The number of hydrogen-bond acceptors (Lipinski definition) is 3. The van der Waals surface area contributed by atoms with E-state index in [9.17, 15) is 5.11 Å². The summed E-state index contributed by atoms with van der Waals surface area (Å²) in [6.07, 6.45) is 2.19. The Morgan fingerprint density at radius 3 is 3.00 bits per heavy atom. The van der Waals surface area contributed by atoms with Gasteiger partial charge in [0.25, 0.3) is 0 Å². The number of nitrogens with one attached hydrogen (secondary N) is 1. The highest BCUT2D eigenvalue weighted by molar-refractivity contribution is 5.28. The summed E-state index contributed by atoms with van der Waals surface area (Å²) in [7, 11) is 1.67. The second-order valence-corrected chi connectivity index (χ2v) is 4.39. The van der Waals surface area contributed by atoms with E-state index in [0.29, 0.717) is 12.5 Å².